The molecule has 1 aliphatic carbocycles. The lowest BCUT2D eigenvalue weighted by Gasteiger charge is -2.21. The highest BCUT2D eigenvalue weighted by molar-refractivity contribution is 5.79. The van der Waals surface area contributed by atoms with Gasteiger partial charge in [-0.1, -0.05) is 18.6 Å². The quantitative estimate of drug-likeness (QED) is 0.867. The lowest BCUT2D eigenvalue weighted by Crippen LogP contribution is -2.36. The molecule has 20 heavy (non-hydrogen) atoms. The van der Waals surface area contributed by atoms with Gasteiger partial charge in [0, 0.05) is 5.92 Å². The molecule has 0 aliphatic heterocycles. The van der Waals surface area contributed by atoms with Gasteiger partial charge in [-0.15, -0.1) is 0 Å². The van der Waals surface area contributed by atoms with Crippen molar-refractivity contribution in [2.75, 3.05) is 13.7 Å². The first kappa shape index (κ1) is 14.9. The molecule has 0 bridgehead atoms. The van der Waals surface area contributed by atoms with Crippen molar-refractivity contribution in [3.63, 3.8) is 0 Å². The monoisotopic (exact) mass is 276 g/mol. The topological polar surface area (TPSA) is 64.3 Å². The zero-order chi connectivity index (χ0) is 14.5. The Morgan fingerprint density at radius 3 is 2.70 bits per heavy atom. The van der Waals surface area contributed by atoms with E-state index in [1.54, 1.807) is 7.11 Å². The normalized spacial score (nSPS) is 23.4. The molecule has 1 aromatic rings. The van der Waals surface area contributed by atoms with Gasteiger partial charge in [-0.2, -0.15) is 0 Å². The van der Waals surface area contributed by atoms with E-state index in [-0.39, 0.29) is 17.9 Å². The third-order valence-electron chi connectivity index (χ3n) is 4.27. The number of carbonyl (C=O) groups is 1. The molecular weight excluding hydrogens is 252 g/mol. The molecule has 4 nitrogen and oxygen atoms in total. The first-order valence-electron chi connectivity index (χ1n) is 7.30. The summed E-state index contributed by atoms with van der Waals surface area (Å²) in [5.41, 5.74) is 6.83. The third-order valence-corrected chi connectivity index (χ3v) is 4.27. The maximum atomic E-state index is 12.3. The van der Waals surface area contributed by atoms with Crippen LogP contribution >= 0.6 is 0 Å². The summed E-state index contributed by atoms with van der Waals surface area (Å²) in [7, 11) is 1.65. The predicted octanol–water partition coefficient (Wildman–Crippen LogP) is 2.25. The van der Waals surface area contributed by atoms with E-state index >= 15 is 0 Å². The largest absolute Gasteiger partial charge is 0.497 e. The Labute approximate surface area is 120 Å². The maximum absolute atomic E-state index is 12.3. The summed E-state index contributed by atoms with van der Waals surface area (Å²) in [4.78, 5) is 12.3. The minimum Gasteiger partial charge on any atom is -0.497 e. The number of hydrogen-bond acceptors (Lipinski definition) is 3. The molecule has 1 fully saturated rings. The second kappa shape index (κ2) is 6.75. The van der Waals surface area contributed by atoms with Crippen LogP contribution in [0.4, 0.5) is 0 Å². The van der Waals surface area contributed by atoms with E-state index in [0.717, 1.165) is 30.6 Å². The van der Waals surface area contributed by atoms with Gasteiger partial charge in [0.05, 0.1) is 13.2 Å². The summed E-state index contributed by atoms with van der Waals surface area (Å²) >= 11 is 0. The molecular formula is C16H24N2O2. The second-order valence-corrected chi connectivity index (χ2v) is 5.54. The molecule has 1 saturated carbocycles. The van der Waals surface area contributed by atoms with Gasteiger partial charge in [0.2, 0.25) is 5.91 Å². The van der Waals surface area contributed by atoms with Gasteiger partial charge in [0.15, 0.2) is 0 Å². The first-order valence-corrected chi connectivity index (χ1v) is 7.30. The van der Waals surface area contributed by atoms with Gasteiger partial charge >= 0.3 is 0 Å². The minimum absolute atomic E-state index is 0.00688. The van der Waals surface area contributed by atoms with E-state index in [1.807, 2.05) is 31.2 Å². The van der Waals surface area contributed by atoms with Gasteiger partial charge in [0.1, 0.15) is 5.75 Å². The van der Waals surface area contributed by atoms with Crippen molar-refractivity contribution in [2.24, 2.45) is 17.6 Å². The first-order chi connectivity index (χ1) is 9.65. The maximum Gasteiger partial charge on any atom is 0.223 e. The van der Waals surface area contributed by atoms with Crippen LogP contribution in [-0.4, -0.2) is 19.6 Å². The Kier molecular flexibility index (Phi) is 5.01. The second-order valence-electron chi connectivity index (χ2n) is 5.54. The molecule has 0 aromatic heterocycles. The molecule has 0 radical (unpaired) electrons. The molecule has 1 aliphatic rings. The van der Waals surface area contributed by atoms with Crippen LogP contribution in [0.2, 0.25) is 0 Å². The van der Waals surface area contributed by atoms with Crippen LogP contribution in [0.25, 0.3) is 0 Å². The Morgan fingerprint density at radius 2 is 2.10 bits per heavy atom. The Balaban J connectivity index is 1.96. The molecule has 0 saturated heterocycles. The van der Waals surface area contributed by atoms with Crippen molar-refractivity contribution in [3.05, 3.63) is 29.8 Å². The van der Waals surface area contributed by atoms with Crippen molar-refractivity contribution in [3.8, 4) is 5.75 Å². The van der Waals surface area contributed by atoms with E-state index in [2.05, 4.69) is 5.32 Å². The van der Waals surface area contributed by atoms with E-state index < -0.39 is 0 Å². The molecule has 1 aromatic carbocycles. The lowest BCUT2D eigenvalue weighted by molar-refractivity contribution is -0.126. The van der Waals surface area contributed by atoms with E-state index in [1.165, 1.54) is 0 Å². The minimum atomic E-state index is 0.00688. The van der Waals surface area contributed by atoms with E-state index in [9.17, 15) is 4.79 Å². The number of hydrogen-bond donors (Lipinski definition) is 2. The van der Waals surface area contributed by atoms with Crippen molar-refractivity contribution in [1.29, 1.82) is 0 Å². The number of carbonyl (C=O) groups excluding carboxylic acids is 1. The molecule has 3 N–H and O–H groups in total. The van der Waals surface area contributed by atoms with E-state index in [4.69, 9.17) is 10.5 Å². The van der Waals surface area contributed by atoms with Crippen molar-refractivity contribution in [1.82, 2.24) is 5.32 Å². The zero-order valence-corrected chi connectivity index (χ0v) is 12.3. The van der Waals surface area contributed by atoms with Crippen LogP contribution < -0.4 is 15.8 Å². The third kappa shape index (κ3) is 3.31. The summed E-state index contributed by atoms with van der Waals surface area (Å²) in [5.74, 6) is 1.39. The number of nitrogens with two attached hydrogens (primary N) is 1. The predicted molar refractivity (Wildman–Crippen MR) is 79.4 cm³/mol. The average Bonchev–Trinajstić information content (AvgIpc) is 2.95. The molecule has 0 heterocycles. The summed E-state index contributed by atoms with van der Waals surface area (Å²) in [5, 5.41) is 3.10. The highest BCUT2D eigenvalue weighted by Gasteiger charge is 2.32. The van der Waals surface area contributed by atoms with Crippen LogP contribution in [0.3, 0.4) is 0 Å². The summed E-state index contributed by atoms with van der Waals surface area (Å²) < 4.78 is 5.14. The molecule has 4 heteroatoms. The highest BCUT2D eigenvalue weighted by atomic mass is 16.5. The van der Waals surface area contributed by atoms with Crippen LogP contribution in [0.5, 0.6) is 5.75 Å². The molecule has 0 spiro atoms. The number of benzene rings is 1. The molecule has 3 unspecified atom stereocenters. The van der Waals surface area contributed by atoms with E-state index in [0.29, 0.717) is 12.5 Å². The van der Waals surface area contributed by atoms with Crippen LogP contribution in [0.15, 0.2) is 24.3 Å². The van der Waals surface area contributed by atoms with Gasteiger partial charge in [0.25, 0.3) is 0 Å². The molecule has 2 rings (SSSR count). The number of rotatable bonds is 5. The fourth-order valence-electron chi connectivity index (χ4n) is 2.96. The molecule has 3 atom stereocenters. The number of nitrogens with one attached hydrogen (secondary N) is 1. The Morgan fingerprint density at radius 1 is 1.40 bits per heavy atom. The van der Waals surface area contributed by atoms with Gasteiger partial charge in [-0.25, -0.2) is 0 Å². The standard InChI is InChI=1S/C16H24N2O2/c1-11(12-6-8-14(20-2)9-7-12)18-16(19)15-5-3-4-13(15)10-17/h6-9,11,13,15H,3-5,10,17H2,1-2H3,(H,18,19). The van der Waals surface area contributed by atoms with Gasteiger partial charge < -0.3 is 15.8 Å². The van der Waals surface area contributed by atoms with Gasteiger partial charge in [-0.3, -0.25) is 4.79 Å². The number of amides is 1. The van der Waals surface area contributed by atoms with Crippen LogP contribution in [0, 0.1) is 11.8 Å². The Hall–Kier alpha value is -1.55. The highest BCUT2D eigenvalue weighted by Crippen LogP contribution is 2.31. The van der Waals surface area contributed by atoms with Gasteiger partial charge in [-0.05, 0) is 49.9 Å². The smallest absolute Gasteiger partial charge is 0.223 e. The van der Waals surface area contributed by atoms with Crippen molar-refractivity contribution >= 4 is 5.91 Å². The lowest BCUT2D eigenvalue weighted by atomic mass is 9.94. The SMILES string of the molecule is COc1ccc(C(C)NC(=O)C2CCCC2CN)cc1. The fourth-order valence-corrected chi connectivity index (χ4v) is 2.96. The van der Waals surface area contributed by atoms with Crippen molar-refractivity contribution in [2.45, 2.75) is 32.2 Å². The number of ether oxygens (including phenoxy) is 1. The summed E-state index contributed by atoms with van der Waals surface area (Å²) in [6, 6.07) is 7.80. The van der Waals surface area contributed by atoms with Crippen LogP contribution in [0.1, 0.15) is 37.8 Å². The molecule has 1 amide bonds. The Bertz CT molecular complexity index is 444. The average molecular weight is 276 g/mol. The fraction of sp³-hybridized carbons (Fsp3) is 0.562. The van der Waals surface area contributed by atoms with Crippen molar-refractivity contribution < 1.29 is 9.53 Å². The van der Waals surface area contributed by atoms with Crippen LogP contribution in [-0.2, 0) is 4.79 Å². The molecule has 110 valence electrons. The summed E-state index contributed by atoms with van der Waals surface area (Å²) in [6.07, 6.45) is 3.14. The zero-order valence-electron chi connectivity index (χ0n) is 12.3. The number of methoxy groups -OCH3 is 1. The summed E-state index contributed by atoms with van der Waals surface area (Å²) in [6.45, 7) is 2.61.